The highest BCUT2D eigenvalue weighted by Crippen LogP contribution is 2.25. The van der Waals surface area contributed by atoms with E-state index >= 15 is 0 Å². The number of rotatable bonds is 3. The quantitative estimate of drug-likeness (QED) is 0.839. The van der Waals surface area contributed by atoms with Crippen molar-refractivity contribution in [2.24, 2.45) is 0 Å². The Balaban J connectivity index is 2.26. The number of nitrogens with one attached hydrogen (secondary N) is 1. The summed E-state index contributed by atoms with van der Waals surface area (Å²) >= 11 is 5.80. The molecular weight excluding hydrogens is 298 g/mol. The highest BCUT2D eigenvalue weighted by atomic mass is 35.5. The topological polar surface area (TPSA) is 75.4 Å². The molecule has 0 radical (unpaired) electrons. The summed E-state index contributed by atoms with van der Waals surface area (Å²) in [5.74, 6) is 0. The first-order chi connectivity index (χ1) is 9.31. The van der Waals surface area contributed by atoms with E-state index in [9.17, 15) is 8.42 Å². The van der Waals surface area contributed by atoms with Crippen LogP contribution < -0.4 is 10.6 Å². The van der Waals surface area contributed by atoms with Crippen molar-refractivity contribution in [3.05, 3.63) is 23.2 Å². The minimum atomic E-state index is -3.68. The summed E-state index contributed by atoms with van der Waals surface area (Å²) in [5.41, 5.74) is 5.91. The number of benzene rings is 1. The standard InChI is InChI=1S/C13H20ClN3O2S/c1-9-4-3-5-10(2)17(9)16-20(18,19)13-7-6-11(14)8-12(13)15/h6-10,16H,3-5,15H2,1-2H3. The Labute approximate surface area is 125 Å². The van der Waals surface area contributed by atoms with Crippen molar-refractivity contribution in [1.29, 1.82) is 0 Å². The molecular formula is C13H20ClN3O2S. The van der Waals surface area contributed by atoms with Gasteiger partial charge in [0.2, 0.25) is 0 Å². The molecule has 1 aromatic rings. The van der Waals surface area contributed by atoms with E-state index in [1.165, 1.54) is 18.2 Å². The molecule has 1 saturated heterocycles. The molecule has 1 aliphatic heterocycles. The van der Waals surface area contributed by atoms with Crippen molar-refractivity contribution >= 4 is 27.3 Å². The number of hydrogen-bond donors (Lipinski definition) is 2. The molecule has 5 nitrogen and oxygen atoms in total. The molecule has 3 N–H and O–H groups in total. The van der Waals surface area contributed by atoms with Gasteiger partial charge in [0, 0.05) is 17.1 Å². The molecule has 1 fully saturated rings. The van der Waals surface area contributed by atoms with Gasteiger partial charge in [-0.3, -0.25) is 0 Å². The van der Waals surface area contributed by atoms with Crippen LogP contribution in [0.3, 0.4) is 0 Å². The van der Waals surface area contributed by atoms with Crippen LogP contribution in [0.15, 0.2) is 23.1 Å². The van der Waals surface area contributed by atoms with Crippen LogP contribution in [-0.4, -0.2) is 25.5 Å². The fourth-order valence-corrected chi connectivity index (χ4v) is 4.09. The van der Waals surface area contributed by atoms with E-state index in [2.05, 4.69) is 4.83 Å². The molecule has 1 heterocycles. The molecule has 0 aromatic heterocycles. The van der Waals surface area contributed by atoms with Crippen molar-refractivity contribution in [2.45, 2.75) is 50.1 Å². The molecule has 20 heavy (non-hydrogen) atoms. The number of halogens is 1. The van der Waals surface area contributed by atoms with Gasteiger partial charge in [-0.25, -0.2) is 13.4 Å². The highest BCUT2D eigenvalue weighted by Gasteiger charge is 2.29. The van der Waals surface area contributed by atoms with Gasteiger partial charge < -0.3 is 5.73 Å². The maximum absolute atomic E-state index is 12.4. The maximum Gasteiger partial charge on any atom is 0.255 e. The third-order valence-corrected chi connectivity index (χ3v) is 5.32. The first-order valence-corrected chi connectivity index (χ1v) is 8.53. The van der Waals surface area contributed by atoms with E-state index in [0.717, 1.165) is 19.3 Å². The summed E-state index contributed by atoms with van der Waals surface area (Å²) in [6.07, 6.45) is 3.07. The fraction of sp³-hybridized carbons (Fsp3) is 0.538. The maximum atomic E-state index is 12.4. The monoisotopic (exact) mass is 317 g/mol. The van der Waals surface area contributed by atoms with Gasteiger partial charge in [-0.15, -0.1) is 4.83 Å². The second kappa shape index (κ2) is 5.89. The Morgan fingerprint density at radius 2 is 1.90 bits per heavy atom. The fourth-order valence-electron chi connectivity index (χ4n) is 2.55. The van der Waals surface area contributed by atoms with Gasteiger partial charge in [0.1, 0.15) is 4.90 Å². The van der Waals surface area contributed by atoms with Crippen molar-refractivity contribution in [1.82, 2.24) is 9.84 Å². The van der Waals surface area contributed by atoms with Crippen LogP contribution in [0, 0.1) is 0 Å². The largest absolute Gasteiger partial charge is 0.398 e. The lowest BCUT2D eigenvalue weighted by atomic mass is 10.0. The number of sulfonamides is 1. The highest BCUT2D eigenvalue weighted by molar-refractivity contribution is 7.89. The first-order valence-electron chi connectivity index (χ1n) is 6.67. The Morgan fingerprint density at radius 3 is 2.45 bits per heavy atom. The number of hydrazine groups is 1. The molecule has 0 spiro atoms. The third-order valence-electron chi connectivity index (χ3n) is 3.68. The summed E-state index contributed by atoms with van der Waals surface area (Å²) in [6, 6.07) is 4.73. The second-order valence-corrected chi connectivity index (χ2v) is 7.38. The van der Waals surface area contributed by atoms with E-state index < -0.39 is 10.0 Å². The number of piperidine rings is 1. The van der Waals surface area contributed by atoms with Gasteiger partial charge in [0.15, 0.2) is 0 Å². The molecule has 112 valence electrons. The van der Waals surface area contributed by atoms with E-state index in [1.807, 2.05) is 13.8 Å². The SMILES string of the molecule is CC1CCCC(C)N1NS(=O)(=O)c1ccc(Cl)cc1N. The molecule has 0 aliphatic carbocycles. The number of nitrogens with two attached hydrogens (primary N) is 1. The molecule has 1 aromatic carbocycles. The first kappa shape index (κ1) is 15.6. The van der Waals surface area contributed by atoms with Gasteiger partial charge in [0.05, 0.1) is 5.69 Å². The molecule has 2 atom stereocenters. The smallest absolute Gasteiger partial charge is 0.255 e. The predicted octanol–water partition coefficient (Wildman–Crippen LogP) is 2.38. The Kier molecular flexibility index (Phi) is 4.59. The Hall–Kier alpha value is -0.820. The van der Waals surface area contributed by atoms with Gasteiger partial charge in [-0.1, -0.05) is 18.0 Å². The van der Waals surface area contributed by atoms with Crippen LogP contribution in [0.25, 0.3) is 0 Å². The van der Waals surface area contributed by atoms with Gasteiger partial charge in [-0.05, 0) is 44.9 Å². The Morgan fingerprint density at radius 1 is 1.30 bits per heavy atom. The van der Waals surface area contributed by atoms with Crippen molar-refractivity contribution in [2.75, 3.05) is 5.73 Å². The van der Waals surface area contributed by atoms with Gasteiger partial charge >= 0.3 is 0 Å². The van der Waals surface area contributed by atoms with Gasteiger partial charge in [0.25, 0.3) is 10.0 Å². The third kappa shape index (κ3) is 3.25. The second-order valence-electron chi connectivity index (χ2n) is 5.31. The molecule has 0 amide bonds. The lowest BCUT2D eigenvalue weighted by Crippen LogP contribution is -2.54. The summed E-state index contributed by atoms with van der Waals surface area (Å²) in [6.45, 7) is 4.03. The Bertz CT molecular complexity index is 581. The normalized spacial score (nSPS) is 24.8. The van der Waals surface area contributed by atoms with Crippen molar-refractivity contribution in [3.8, 4) is 0 Å². The molecule has 0 bridgehead atoms. The molecule has 7 heteroatoms. The van der Waals surface area contributed by atoms with Crippen molar-refractivity contribution in [3.63, 3.8) is 0 Å². The summed E-state index contributed by atoms with van der Waals surface area (Å²) in [7, 11) is -3.68. The van der Waals surface area contributed by atoms with Crippen LogP contribution in [-0.2, 0) is 10.0 Å². The molecule has 1 aliphatic rings. The number of hydrogen-bond acceptors (Lipinski definition) is 4. The minimum Gasteiger partial charge on any atom is -0.398 e. The summed E-state index contributed by atoms with van der Waals surface area (Å²) in [5, 5.41) is 2.22. The lowest BCUT2D eigenvalue weighted by Gasteiger charge is -2.38. The molecule has 2 unspecified atom stereocenters. The summed E-state index contributed by atoms with van der Waals surface area (Å²) in [4.78, 5) is 2.72. The zero-order valence-corrected chi connectivity index (χ0v) is 13.2. The van der Waals surface area contributed by atoms with E-state index in [4.69, 9.17) is 17.3 Å². The van der Waals surface area contributed by atoms with Crippen LogP contribution in [0.5, 0.6) is 0 Å². The molecule has 0 saturated carbocycles. The van der Waals surface area contributed by atoms with Crippen LogP contribution in [0.1, 0.15) is 33.1 Å². The van der Waals surface area contributed by atoms with Crippen molar-refractivity contribution < 1.29 is 8.42 Å². The van der Waals surface area contributed by atoms with Gasteiger partial charge in [-0.2, -0.15) is 0 Å². The van der Waals surface area contributed by atoms with Crippen LogP contribution in [0.2, 0.25) is 5.02 Å². The summed E-state index contributed by atoms with van der Waals surface area (Å²) < 4.78 is 24.9. The van der Waals surface area contributed by atoms with Crippen LogP contribution >= 0.6 is 11.6 Å². The predicted molar refractivity (Wildman–Crippen MR) is 80.8 cm³/mol. The number of nitrogen functional groups attached to an aromatic ring is 1. The molecule has 2 rings (SSSR count). The number of anilines is 1. The zero-order chi connectivity index (χ0) is 14.9. The van der Waals surface area contributed by atoms with E-state index in [0.29, 0.717) is 5.02 Å². The average Bonchev–Trinajstić information content (AvgIpc) is 2.33. The average molecular weight is 318 g/mol. The van der Waals surface area contributed by atoms with Crippen LogP contribution in [0.4, 0.5) is 5.69 Å². The van der Waals surface area contributed by atoms with E-state index in [-0.39, 0.29) is 22.7 Å². The zero-order valence-electron chi connectivity index (χ0n) is 11.6. The minimum absolute atomic E-state index is 0.0619. The van der Waals surface area contributed by atoms with E-state index in [1.54, 1.807) is 5.01 Å². The number of nitrogens with zero attached hydrogens (tertiary/aromatic N) is 1. The lowest BCUT2D eigenvalue weighted by molar-refractivity contribution is 0.0790.